The quantitative estimate of drug-likeness (QED) is 0.784. The smallest absolute Gasteiger partial charge is 0.161 e. The summed E-state index contributed by atoms with van der Waals surface area (Å²) in [5.41, 5.74) is 1.06. The van der Waals surface area contributed by atoms with Crippen LogP contribution in [0.2, 0.25) is 0 Å². The summed E-state index contributed by atoms with van der Waals surface area (Å²) < 4.78 is 23.0. The number of Topliss-reactive ketones (excluding diaryl/α,β-unsaturated/α-hetero) is 1. The molecular formula is C11H11NO3S. The maximum Gasteiger partial charge on any atom is 0.161 e. The van der Waals surface area contributed by atoms with Crippen LogP contribution in [0.5, 0.6) is 0 Å². The van der Waals surface area contributed by atoms with E-state index in [2.05, 4.69) is 0 Å². The zero-order valence-corrected chi connectivity index (χ0v) is 9.62. The lowest BCUT2D eigenvalue weighted by atomic mass is 10.2. The van der Waals surface area contributed by atoms with Gasteiger partial charge in [-0.2, -0.15) is 5.26 Å². The van der Waals surface area contributed by atoms with Crippen molar-refractivity contribution in [3.05, 3.63) is 35.4 Å². The summed E-state index contributed by atoms with van der Waals surface area (Å²) >= 11 is 0. The molecule has 0 saturated carbocycles. The number of ketones is 1. The summed E-state index contributed by atoms with van der Waals surface area (Å²) in [6, 6.07) is 8.21. The summed E-state index contributed by atoms with van der Waals surface area (Å²) in [4.78, 5) is 10.7. The second kappa shape index (κ2) is 4.90. The topological polar surface area (TPSA) is 75.0 Å². The van der Waals surface area contributed by atoms with Crippen molar-refractivity contribution in [2.75, 3.05) is 5.75 Å². The van der Waals surface area contributed by atoms with Crippen molar-refractivity contribution >= 4 is 15.6 Å². The second-order valence-electron chi connectivity index (χ2n) is 3.54. The van der Waals surface area contributed by atoms with Crippen molar-refractivity contribution in [1.82, 2.24) is 0 Å². The maximum absolute atomic E-state index is 11.5. The Kier molecular flexibility index (Phi) is 3.80. The third-order valence-electron chi connectivity index (χ3n) is 1.89. The Morgan fingerprint density at radius 1 is 1.31 bits per heavy atom. The molecule has 0 fully saturated rings. The molecule has 0 aliphatic carbocycles. The summed E-state index contributed by atoms with van der Waals surface area (Å²) in [6.45, 7) is 1.25. The van der Waals surface area contributed by atoms with Crippen molar-refractivity contribution in [3.8, 4) is 6.07 Å². The predicted octanol–water partition coefficient (Wildman–Crippen LogP) is 1.06. The molecule has 0 saturated heterocycles. The number of nitriles is 1. The van der Waals surface area contributed by atoms with Gasteiger partial charge in [0.1, 0.15) is 11.5 Å². The van der Waals surface area contributed by atoms with E-state index in [1.54, 1.807) is 24.3 Å². The third-order valence-corrected chi connectivity index (χ3v) is 3.51. The molecule has 1 aromatic carbocycles. The van der Waals surface area contributed by atoms with Crippen LogP contribution in [0, 0.1) is 11.3 Å². The monoisotopic (exact) mass is 237 g/mol. The average molecular weight is 237 g/mol. The van der Waals surface area contributed by atoms with Gasteiger partial charge in [0.15, 0.2) is 9.84 Å². The van der Waals surface area contributed by atoms with Crippen LogP contribution in [0.15, 0.2) is 24.3 Å². The highest BCUT2D eigenvalue weighted by molar-refractivity contribution is 7.91. The number of carbonyl (C=O) groups is 1. The molecular weight excluding hydrogens is 226 g/mol. The van der Waals surface area contributed by atoms with E-state index in [9.17, 15) is 13.2 Å². The Morgan fingerprint density at radius 3 is 2.31 bits per heavy atom. The van der Waals surface area contributed by atoms with Gasteiger partial charge in [0.05, 0.1) is 17.4 Å². The lowest BCUT2D eigenvalue weighted by Gasteiger charge is -2.02. The summed E-state index contributed by atoms with van der Waals surface area (Å²) in [6.07, 6.45) is 0. The number of carbonyl (C=O) groups excluding carboxylic acids is 1. The van der Waals surface area contributed by atoms with E-state index < -0.39 is 15.6 Å². The lowest BCUT2D eigenvalue weighted by molar-refractivity contribution is -0.114. The van der Waals surface area contributed by atoms with Crippen LogP contribution >= 0.6 is 0 Å². The minimum absolute atomic E-state index is 0.168. The molecule has 0 atom stereocenters. The number of nitrogens with zero attached hydrogens (tertiary/aromatic N) is 1. The van der Waals surface area contributed by atoms with Gasteiger partial charge < -0.3 is 0 Å². The van der Waals surface area contributed by atoms with Gasteiger partial charge in [-0.3, -0.25) is 4.79 Å². The second-order valence-corrected chi connectivity index (χ2v) is 5.61. The van der Waals surface area contributed by atoms with Gasteiger partial charge in [0, 0.05) is 0 Å². The Labute approximate surface area is 94.4 Å². The van der Waals surface area contributed by atoms with Crippen LogP contribution < -0.4 is 0 Å². The zero-order chi connectivity index (χ0) is 12.2. The Bertz CT molecular complexity index is 523. The fourth-order valence-electron chi connectivity index (χ4n) is 1.29. The van der Waals surface area contributed by atoms with Gasteiger partial charge in [-0.1, -0.05) is 12.1 Å². The Hall–Kier alpha value is -1.67. The zero-order valence-electron chi connectivity index (χ0n) is 8.80. The van der Waals surface area contributed by atoms with Crippen LogP contribution in [0.25, 0.3) is 0 Å². The van der Waals surface area contributed by atoms with E-state index in [1.807, 2.05) is 6.07 Å². The molecule has 1 rings (SSSR count). The van der Waals surface area contributed by atoms with E-state index >= 15 is 0 Å². The molecule has 0 aliphatic rings. The standard InChI is InChI=1S/C11H11NO3S/c1-9(13)7-16(14,15)8-11-4-2-10(6-12)3-5-11/h2-5H,7-8H2,1H3. The van der Waals surface area contributed by atoms with E-state index in [0.717, 1.165) is 0 Å². The largest absolute Gasteiger partial charge is 0.299 e. The molecule has 0 radical (unpaired) electrons. The third kappa shape index (κ3) is 3.83. The molecule has 0 unspecified atom stereocenters. The van der Waals surface area contributed by atoms with Crippen LogP contribution in [0.4, 0.5) is 0 Å². The van der Waals surface area contributed by atoms with E-state index in [4.69, 9.17) is 5.26 Å². The van der Waals surface area contributed by atoms with E-state index in [1.165, 1.54) is 6.92 Å². The molecule has 5 heteroatoms. The molecule has 0 aliphatic heterocycles. The molecule has 0 bridgehead atoms. The fourth-order valence-corrected chi connectivity index (χ4v) is 2.71. The van der Waals surface area contributed by atoms with E-state index in [-0.39, 0.29) is 11.5 Å². The molecule has 0 heterocycles. The maximum atomic E-state index is 11.5. The summed E-state index contributed by atoms with van der Waals surface area (Å²) in [5, 5.41) is 8.57. The molecule has 4 nitrogen and oxygen atoms in total. The lowest BCUT2D eigenvalue weighted by Crippen LogP contribution is -2.15. The molecule has 0 spiro atoms. The first kappa shape index (κ1) is 12.4. The summed E-state index contributed by atoms with van der Waals surface area (Å²) in [5.74, 6) is -0.973. The summed E-state index contributed by atoms with van der Waals surface area (Å²) in [7, 11) is -3.39. The van der Waals surface area contributed by atoms with Gasteiger partial charge in [-0.05, 0) is 24.6 Å². The SMILES string of the molecule is CC(=O)CS(=O)(=O)Cc1ccc(C#N)cc1. The van der Waals surface area contributed by atoms with Crippen LogP contribution in [-0.2, 0) is 20.4 Å². The Morgan fingerprint density at radius 2 is 1.88 bits per heavy atom. The molecule has 84 valence electrons. The van der Waals surface area contributed by atoms with Gasteiger partial charge in [0.2, 0.25) is 0 Å². The first-order valence-corrected chi connectivity index (χ1v) is 6.44. The van der Waals surface area contributed by atoms with Gasteiger partial charge in [0.25, 0.3) is 0 Å². The van der Waals surface area contributed by atoms with Gasteiger partial charge in [-0.25, -0.2) is 8.42 Å². The molecule has 0 N–H and O–H groups in total. The van der Waals surface area contributed by atoms with Crippen molar-refractivity contribution in [3.63, 3.8) is 0 Å². The van der Waals surface area contributed by atoms with Crippen molar-refractivity contribution < 1.29 is 13.2 Å². The average Bonchev–Trinajstić information content (AvgIpc) is 2.16. The normalized spacial score (nSPS) is 10.8. The first-order valence-electron chi connectivity index (χ1n) is 4.62. The van der Waals surface area contributed by atoms with Crippen LogP contribution in [0.1, 0.15) is 18.1 Å². The van der Waals surface area contributed by atoms with E-state index in [0.29, 0.717) is 11.1 Å². The molecule has 16 heavy (non-hydrogen) atoms. The van der Waals surface area contributed by atoms with Crippen molar-refractivity contribution in [2.45, 2.75) is 12.7 Å². The number of benzene rings is 1. The van der Waals surface area contributed by atoms with Crippen molar-refractivity contribution in [2.24, 2.45) is 0 Å². The minimum Gasteiger partial charge on any atom is -0.299 e. The minimum atomic E-state index is -3.39. The number of rotatable bonds is 4. The number of sulfone groups is 1. The fraction of sp³-hybridized carbons (Fsp3) is 0.273. The van der Waals surface area contributed by atoms with Crippen LogP contribution in [0.3, 0.4) is 0 Å². The van der Waals surface area contributed by atoms with Crippen LogP contribution in [-0.4, -0.2) is 20.0 Å². The highest BCUT2D eigenvalue weighted by Crippen LogP contribution is 2.08. The predicted molar refractivity (Wildman–Crippen MR) is 59.3 cm³/mol. The highest BCUT2D eigenvalue weighted by Gasteiger charge is 2.14. The molecule has 0 amide bonds. The number of hydrogen-bond donors (Lipinski definition) is 0. The number of hydrogen-bond acceptors (Lipinski definition) is 4. The molecule has 1 aromatic rings. The highest BCUT2D eigenvalue weighted by atomic mass is 32.2. The Balaban J connectivity index is 2.81. The first-order chi connectivity index (χ1) is 7.43. The molecule has 0 aromatic heterocycles. The van der Waals surface area contributed by atoms with Gasteiger partial charge >= 0.3 is 0 Å². The van der Waals surface area contributed by atoms with Gasteiger partial charge in [-0.15, -0.1) is 0 Å². The van der Waals surface area contributed by atoms with Crippen molar-refractivity contribution in [1.29, 1.82) is 5.26 Å².